The van der Waals surface area contributed by atoms with E-state index in [2.05, 4.69) is 0 Å². The maximum absolute atomic E-state index is 12.3. The minimum Gasteiger partial charge on any atom is -0.378 e. The summed E-state index contributed by atoms with van der Waals surface area (Å²) in [6, 6.07) is 3.61. The van der Waals surface area contributed by atoms with Crippen molar-refractivity contribution in [1.29, 1.82) is 0 Å². The second kappa shape index (κ2) is 7.72. The molecule has 8 heteroatoms. The summed E-state index contributed by atoms with van der Waals surface area (Å²) in [6.45, 7) is 5.91. The van der Waals surface area contributed by atoms with Crippen molar-refractivity contribution in [2.24, 2.45) is 0 Å². The normalized spacial score (nSPS) is 15.4. The molecule has 1 aliphatic rings. The van der Waals surface area contributed by atoms with Crippen LogP contribution in [-0.2, 0) is 19.6 Å². The van der Waals surface area contributed by atoms with E-state index in [1.807, 2.05) is 19.9 Å². The van der Waals surface area contributed by atoms with Gasteiger partial charge in [-0.2, -0.15) is 0 Å². The molecule has 1 aromatic carbocycles. The number of sulfonamides is 1. The number of carbonyl (C=O) groups is 1. The number of aryl methyl sites for hydroxylation is 2. The highest BCUT2D eigenvalue weighted by atomic mass is 35.5. The smallest absolute Gasteiger partial charge is 0.232 e. The summed E-state index contributed by atoms with van der Waals surface area (Å²) in [5.41, 5.74) is 2.17. The number of nitrogens with zero attached hydrogens (tertiary/aromatic N) is 2. The SMILES string of the molecule is Cc1cc(C)c(N(CCC(=O)N2CCOCC2)S(C)(=O)=O)c(Cl)c1. The largest absolute Gasteiger partial charge is 0.378 e. The zero-order valence-corrected chi connectivity index (χ0v) is 15.8. The molecule has 0 spiro atoms. The first-order valence-electron chi connectivity index (χ1n) is 7.80. The van der Waals surface area contributed by atoms with Crippen molar-refractivity contribution in [2.45, 2.75) is 20.3 Å². The van der Waals surface area contributed by atoms with Crippen molar-refractivity contribution in [1.82, 2.24) is 4.90 Å². The number of halogens is 1. The summed E-state index contributed by atoms with van der Waals surface area (Å²) in [7, 11) is -3.55. The van der Waals surface area contributed by atoms with Crippen LogP contribution in [0.5, 0.6) is 0 Å². The van der Waals surface area contributed by atoms with E-state index in [1.54, 1.807) is 11.0 Å². The molecule has 0 atom stereocenters. The highest BCUT2D eigenvalue weighted by Crippen LogP contribution is 2.32. The lowest BCUT2D eigenvalue weighted by molar-refractivity contribution is -0.135. The Bertz CT molecular complexity index is 692. The van der Waals surface area contributed by atoms with Gasteiger partial charge < -0.3 is 9.64 Å². The zero-order valence-electron chi connectivity index (χ0n) is 14.2. The fraction of sp³-hybridized carbons (Fsp3) is 0.562. The summed E-state index contributed by atoms with van der Waals surface area (Å²) in [5.74, 6) is -0.0761. The fourth-order valence-corrected chi connectivity index (χ4v) is 4.31. The van der Waals surface area contributed by atoms with Crippen molar-refractivity contribution < 1.29 is 17.9 Å². The van der Waals surface area contributed by atoms with Gasteiger partial charge in [-0.3, -0.25) is 9.10 Å². The third-order valence-electron chi connectivity index (χ3n) is 3.94. The van der Waals surface area contributed by atoms with Crippen molar-refractivity contribution in [3.8, 4) is 0 Å². The summed E-state index contributed by atoms with van der Waals surface area (Å²) in [5, 5.41) is 0.372. The van der Waals surface area contributed by atoms with Gasteiger partial charge in [-0.15, -0.1) is 0 Å². The molecule has 0 radical (unpaired) electrons. The number of carbonyl (C=O) groups excluding carboxylic acids is 1. The summed E-state index contributed by atoms with van der Waals surface area (Å²) in [6.07, 6.45) is 1.23. The van der Waals surface area contributed by atoms with Gasteiger partial charge in [0.2, 0.25) is 15.9 Å². The minimum atomic E-state index is -3.55. The van der Waals surface area contributed by atoms with E-state index in [0.29, 0.717) is 37.0 Å². The van der Waals surface area contributed by atoms with E-state index >= 15 is 0 Å². The predicted octanol–water partition coefficient (Wildman–Crippen LogP) is 1.97. The standard InChI is InChI=1S/C16H23ClN2O4S/c1-12-10-13(2)16(14(17)11-12)19(24(3,21)22)5-4-15(20)18-6-8-23-9-7-18/h10-11H,4-9H2,1-3H3. The number of benzene rings is 1. The predicted molar refractivity (Wildman–Crippen MR) is 95.1 cm³/mol. The second-order valence-corrected chi connectivity index (χ2v) is 8.30. The molecule has 0 saturated carbocycles. The minimum absolute atomic E-state index is 0.0681. The average molecular weight is 375 g/mol. The van der Waals surface area contributed by atoms with Crippen LogP contribution in [0.1, 0.15) is 17.5 Å². The highest BCUT2D eigenvalue weighted by Gasteiger charge is 2.25. The molecule has 1 fully saturated rings. The summed E-state index contributed by atoms with van der Waals surface area (Å²) < 4.78 is 30.9. The molecule has 1 amide bonds. The molecule has 0 N–H and O–H groups in total. The van der Waals surface area contributed by atoms with Gasteiger partial charge in [-0.1, -0.05) is 17.7 Å². The molecule has 0 unspecified atom stereocenters. The van der Waals surface area contributed by atoms with E-state index < -0.39 is 10.0 Å². The molecule has 1 saturated heterocycles. The van der Waals surface area contributed by atoms with Crippen LogP contribution >= 0.6 is 11.6 Å². The third kappa shape index (κ3) is 4.62. The molecule has 134 valence electrons. The molecule has 2 rings (SSSR count). The first-order valence-corrected chi connectivity index (χ1v) is 10.0. The number of hydrogen-bond donors (Lipinski definition) is 0. The lowest BCUT2D eigenvalue weighted by Gasteiger charge is -2.29. The van der Waals surface area contributed by atoms with Crippen LogP contribution in [0.15, 0.2) is 12.1 Å². The number of hydrogen-bond acceptors (Lipinski definition) is 4. The molecule has 1 aromatic rings. The van der Waals surface area contributed by atoms with Gasteiger partial charge in [0, 0.05) is 26.1 Å². The Morgan fingerprint density at radius 3 is 2.46 bits per heavy atom. The van der Waals surface area contributed by atoms with Crippen molar-refractivity contribution in [3.05, 3.63) is 28.3 Å². The highest BCUT2D eigenvalue weighted by molar-refractivity contribution is 7.92. The second-order valence-electron chi connectivity index (χ2n) is 5.99. The number of ether oxygens (including phenoxy) is 1. The van der Waals surface area contributed by atoms with Crippen LogP contribution in [0.2, 0.25) is 5.02 Å². The molecule has 6 nitrogen and oxygen atoms in total. The first kappa shape index (κ1) is 19.0. The number of anilines is 1. The van der Waals surface area contributed by atoms with Gasteiger partial charge >= 0.3 is 0 Å². The Kier molecular flexibility index (Phi) is 6.11. The van der Waals surface area contributed by atoms with E-state index in [4.69, 9.17) is 16.3 Å². The van der Waals surface area contributed by atoms with Crippen LogP contribution in [-0.4, -0.2) is 58.3 Å². The fourth-order valence-electron chi connectivity index (χ4n) is 2.84. The van der Waals surface area contributed by atoms with E-state index in [9.17, 15) is 13.2 Å². The van der Waals surface area contributed by atoms with Crippen molar-refractivity contribution >= 4 is 33.2 Å². The Morgan fingerprint density at radius 1 is 1.29 bits per heavy atom. The molecule has 24 heavy (non-hydrogen) atoms. The molecule has 1 aliphatic heterocycles. The number of rotatable bonds is 5. The Morgan fingerprint density at radius 2 is 1.92 bits per heavy atom. The molecular weight excluding hydrogens is 352 g/mol. The lowest BCUT2D eigenvalue weighted by atomic mass is 10.1. The Hall–Kier alpha value is -1.31. The molecule has 0 bridgehead atoms. The monoisotopic (exact) mass is 374 g/mol. The quantitative estimate of drug-likeness (QED) is 0.790. The van der Waals surface area contributed by atoms with Crippen molar-refractivity contribution in [2.75, 3.05) is 43.4 Å². The van der Waals surface area contributed by atoms with Crippen LogP contribution in [0.25, 0.3) is 0 Å². The molecule has 0 aromatic heterocycles. The lowest BCUT2D eigenvalue weighted by Crippen LogP contribution is -2.42. The van der Waals surface area contributed by atoms with Gasteiger partial charge in [0.25, 0.3) is 0 Å². The van der Waals surface area contributed by atoms with Crippen LogP contribution in [0.4, 0.5) is 5.69 Å². The Labute approximate surface area is 148 Å². The molecular formula is C16H23ClN2O4S. The van der Waals surface area contributed by atoms with Gasteiger partial charge in [-0.05, 0) is 31.0 Å². The van der Waals surface area contributed by atoms with Crippen molar-refractivity contribution in [3.63, 3.8) is 0 Å². The molecule has 1 heterocycles. The van der Waals surface area contributed by atoms with Gasteiger partial charge in [0.15, 0.2) is 0 Å². The zero-order chi connectivity index (χ0) is 17.9. The maximum Gasteiger partial charge on any atom is 0.232 e. The maximum atomic E-state index is 12.3. The van der Waals surface area contributed by atoms with Crippen LogP contribution in [0.3, 0.4) is 0 Å². The average Bonchev–Trinajstić information content (AvgIpc) is 2.49. The Balaban J connectivity index is 2.20. The number of amides is 1. The summed E-state index contributed by atoms with van der Waals surface area (Å²) >= 11 is 6.28. The van der Waals surface area contributed by atoms with Crippen LogP contribution < -0.4 is 4.31 Å². The van der Waals surface area contributed by atoms with Gasteiger partial charge in [0.1, 0.15) is 0 Å². The van der Waals surface area contributed by atoms with E-state index in [0.717, 1.165) is 17.4 Å². The van der Waals surface area contributed by atoms with E-state index in [-0.39, 0.29) is 18.9 Å². The molecule has 0 aliphatic carbocycles. The van der Waals surface area contributed by atoms with Gasteiger partial charge in [-0.25, -0.2) is 8.42 Å². The first-order chi connectivity index (χ1) is 11.2. The van der Waals surface area contributed by atoms with Gasteiger partial charge in [0.05, 0.1) is 30.2 Å². The summed E-state index contributed by atoms with van der Waals surface area (Å²) in [4.78, 5) is 14.0. The number of morpholine rings is 1. The van der Waals surface area contributed by atoms with Crippen LogP contribution in [0, 0.1) is 13.8 Å². The topological polar surface area (TPSA) is 66.9 Å². The third-order valence-corrected chi connectivity index (χ3v) is 5.39. The van der Waals surface area contributed by atoms with E-state index in [1.165, 1.54) is 4.31 Å².